The van der Waals surface area contributed by atoms with E-state index in [1.165, 1.54) is 0 Å². The summed E-state index contributed by atoms with van der Waals surface area (Å²) < 4.78 is 5.71. The maximum absolute atomic E-state index is 12.1. The van der Waals surface area contributed by atoms with Gasteiger partial charge in [0.2, 0.25) is 5.91 Å². The predicted molar refractivity (Wildman–Crippen MR) is 89.9 cm³/mol. The largest absolute Gasteiger partial charge is 0.398 e. The van der Waals surface area contributed by atoms with Crippen molar-refractivity contribution in [1.29, 1.82) is 0 Å². The molecule has 1 amide bonds. The number of nitrogen functional groups attached to an aromatic ring is 1. The number of amides is 1. The van der Waals surface area contributed by atoms with E-state index in [2.05, 4.69) is 24.1 Å². The average molecular weight is 305 g/mol. The summed E-state index contributed by atoms with van der Waals surface area (Å²) in [5.74, 6) is 0.0445. The summed E-state index contributed by atoms with van der Waals surface area (Å²) in [7, 11) is 0. The van der Waals surface area contributed by atoms with Gasteiger partial charge in [-0.2, -0.15) is 0 Å². The Morgan fingerprint density at radius 1 is 1.36 bits per heavy atom. The summed E-state index contributed by atoms with van der Waals surface area (Å²) in [6.07, 6.45) is 1.92. The predicted octanol–water partition coefficient (Wildman–Crippen LogP) is 2.41. The lowest BCUT2D eigenvalue weighted by Crippen LogP contribution is -2.45. The van der Waals surface area contributed by atoms with Gasteiger partial charge in [0.05, 0.1) is 12.2 Å². The molecule has 0 radical (unpaired) electrons. The minimum Gasteiger partial charge on any atom is -0.398 e. The molecule has 1 aliphatic heterocycles. The average Bonchev–Trinajstić information content (AvgIpc) is 2.43. The number of morpholine rings is 1. The number of nitrogens with two attached hydrogens (primary N) is 1. The lowest BCUT2D eigenvalue weighted by molar-refractivity contribution is -0.116. The van der Waals surface area contributed by atoms with E-state index in [9.17, 15) is 4.79 Å². The fourth-order valence-electron chi connectivity index (χ4n) is 2.93. The third-order valence-electron chi connectivity index (χ3n) is 4.02. The summed E-state index contributed by atoms with van der Waals surface area (Å²) in [5.41, 5.74) is 8.28. The number of ether oxygens (including phenoxy) is 1. The van der Waals surface area contributed by atoms with Crippen molar-refractivity contribution in [3.05, 3.63) is 23.8 Å². The molecule has 122 valence electrons. The van der Waals surface area contributed by atoms with Crippen LogP contribution in [0.2, 0.25) is 0 Å². The summed E-state index contributed by atoms with van der Waals surface area (Å²) in [6.45, 7) is 8.93. The van der Waals surface area contributed by atoms with Gasteiger partial charge >= 0.3 is 0 Å². The Hall–Kier alpha value is -1.59. The van der Waals surface area contributed by atoms with Crippen LogP contribution in [0.4, 0.5) is 11.4 Å². The monoisotopic (exact) mass is 305 g/mol. The molecule has 0 aliphatic carbocycles. The van der Waals surface area contributed by atoms with Crippen molar-refractivity contribution >= 4 is 17.3 Å². The first kappa shape index (κ1) is 16.8. The maximum atomic E-state index is 12.1. The number of rotatable bonds is 5. The molecule has 1 aliphatic rings. The molecule has 3 N–H and O–H groups in total. The Morgan fingerprint density at radius 2 is 2.05 bits per heavy atom. The van der Waals surface area contributed by atoms with E-state index < -0.39 is 0 Å². The van der Waals surface area contributed by atoms with Gasteiger partial charge in [-0.05, 0) is 51.4 Å². The number of benzene rings is 1. The zero-order valence-electron chi connectivity index (χ0n) is 13.8. The third-order valence-corrected chi connectivity index (χ3v) is 4.02. The minimum atomic E-state index is 0.0445. The van der Waals surface area contributed by atoms with Crippen molar-refractivity contribution in [3.63, 3.8) is 0 Å². The van der Waals surface area contributed by atoms with Crippen LogP contribution in [0.5, 0.6) is 0 Å². The van der Waals surface area contributed by atoms with Crippen LogP contribution < -0.4 is 11.1 Å². The first-order chi connectivity index (χ1) is 10.5. The Balaban J connectivity index is 1.75. The second kappa shape index (κ2) is 7.61. The summed E-state index contributed by atoms with van der Waals surface area (Å²) in [6, 6.07) is 5.58. The first-order valence-electron chi connectivity index (χ1n) is 7.98. The lowest BCUT2D eigenvalue weighted by Gasteiger charge is -2.35. The van der Waals surface area contributed by atoms with Gasteiger partial charge in [-0.1, -0.05) is 6.07 Å². The molecule has 2 atom stereocenters. The highest BCUT2D eigenvalue weighted by molar-refractivity contribution is 5.92. The van der Waals surface area contributed by atoms with Gasteiger partial charge in [0.25, 0.3) is 0 Å². The van der Waals surface area contributed by atoms with E-state index in [1.54, 1.807) is 0 Å². The van der Waals surface area contributed by atoms with Gasteiger partial charge in [-0.25, -0.2) is 0 Å². The van der Waals surface area contributed by atoms with Gasteiger partial charge in [0.1, 0.15) is 0 Å². The molecule has 1 heterocycles. The zero-order chi connectivity index (χ0) is 16.1. The Labute approximate surface area is 132 Å². The van der Waals surface area contributed by atoms with Crippen LogP contribution in [0.25, 0.3) is 0 Å². The standard InChI is InChI=1S/C17H27N3O2/c1-12-10-20(11-13(2)22-12)9-5-8-17(21)19-16-7-4-6-15(18)14(16)3/h4,6-7,12-13H,5,8-11,18H2,1-3H3,(H,19,21). The molecule has 0 aromatic heterocycles. The molecule has 22 heavy (non-hydrogen) atoms. The number of hydrogen-bond acceptors (Lipinski definition) is 4. The molecule has 2 rings (SSSR count). The second-order valence-electron chi connectivity index (χ2n) is 6.19. The smallest absolute Gasteiger partial charge is 0.224 e. The molecule has 1 aromatic rings. The van der Waals surface area contributed by atoms with Gasteiger partial charge in [0, 0.05) is 30.9 Å². The fourth-order valence-corrected chi connectivity index (χ4v) is 2.93. The highest BCUT2D eigenvalue weighted by Crippen LogP contribution is 2.20. The summed E-state index contributed by atoms with van der Waals surface area (Å²) in [4.78, 5) is 14.4. The Bertz CT molecular complexity index is 509. The summed E-state index contributed by atoms with van der Waals surface area (Å²) in [5, 5.41) is 2.94. The first-order valence-corrected chi connectivity index (χ1v) is 7.98. The molecule has 5 heteroatoms. The number of nitrogens with zero attached hydrogens (tertiary/aromatic N) is 1. The number of hydrogen-bond donors (Lipinski definition) is 2. The highest BCUT2D eigenvalue weighted by atomic mass is 16.5. The number of anilines is 2. The maximum Gasteiger partial charge on any atom is 0.224 e. The lowest BCUT2D eigenvalue weighted by atomic mass is 10.1. The van der Waals surface area contributed by atoms with E-state index in [0.29, 0.717) is 12.1 Å². The molecule has 0 saturated carbocycles. The fraction of sp³-hybridized carbons (Fsp3) is 0.588. The molecule has 5 nitrogen and oxygen atoms in total. The minimum absolute atomic E-state index is 0.0445. The molecular weight excluding hydrogens is 278 g/mol. The molecule has 0 bridgehead atoms. The molecular formula is C17H27N3O2. The zero-order valence-corrected chi connectivity index (χ0v) is 13.8. The number of carbonyl (C=O) groups excluding carboxylic acids is 1. The van der Waals surface area contributed by atoms with E-state index in [-0.39, 0.29) is 18.1 Å². The third kappa shape index (κ3) is 4.71. The number of nitrogens with one attached hydrogen (secondary N) is 1. The van der Waals surface area contributed by atoms with Crippen molar-refractivity contribution in [2.75, 3.05) is 30.7 Å². The molecule has 0 spiro atoms. The van der Waals surface area contributed by atoms with Crippen molar-refractivity contribution < 1.29 is 9.53 Å². The van der Waals surface area contributed by atoms with E-state index in [4.69, 9.17) is 10.5 Å². The van der Waals surface area contributed by atoms with Crippen LogP contribution in [0.1, 0.15) is 32.3 Å². The van der Waals surface area contributed by atoms with Crippen LogP contribution >= 0.6 is 0 Å². The van der Waals surface area contributed by atoms with Gasteiger partial charge in [0.15, 0.2) is 0 Å². The van der Waals surface area contributed by atoms with E-state index in [0.717, 1.165) is 37.3 Å². The van der Waals surface area contributed by atoms with E-state index >= 15 is 0 Å². The van der Waals surface area contributed by atoms with Gasteiger partial charge in [-0.15, -0.1) is 0 Å². The second-order valence-corrected chi connectivity index (χ2v) is 6.19. The van der Waals surface area contributed by atoms with Crippen molar-refractivity contribution in [2.45, 2.75) is 45.8 Å². The quantitative estimate of drug-likeness (QED) is 0.820. The Kier molecular flexibility index (Phi) is 5.80. The van der Waals surface area contributed by atoms with E-state index in [1.807, 2.05) is 25.1 Å². The number of carbonyl (C=O) groups is 1. The highest BCUT2D eigenvalue weighted by Gasteiger charge is 2.21. The van der Waals surface area contributed by atoms with Gasteiger partial charge < -0.3 is 15.8 Å². The van der Waals surface area contributed by atoms with Crippen LogP contribution in [0.3, 0.4) is 0 Å². The van der Waals surface area contributed by atoms with Gasteiger partial charge in [-0.3, -0.25) is 9.69 Å². The SMILES string of the molecule is Cc1c(N)cccc1NC(=O)CCCN1CC(C)OC(C)C1. The molecule has 1 saturated heterocycles. The van der Waals surface area contributed by atoms with Crippen LogP contribution in [0.15, 0.2) is 18.2 Å². The normalized spacial score (nSPS) is 22.5. The van der Waals surface area contributed by atoms with Crippen molar-refractivity contribution in [3.8, 4) is 0 Å². The molecule has 1 fully saturated rings. The van der Waals surface area contributed by atoms with Crippen LogP contribution in [-0.4, -0.2) is 42.6 Å². The van der Waals surface area contributed by atoms with Crippen LogP contribution in [-0.2, 0) is 9.53 Å². The van der Waals surface area contributed by atoms with Crippen LogP contribution in [0, 0.1) is 6.92 Å². The van der Waals surface area contributed by atoms with Crippen molar-refractivity contribution in [1.82, 2.24) is 4.90 Å². The summed E-state index contributed by atoms with van der Waals surface area (Å²) >= 11 is 0. The topological polar surface area (TPSA) is 67.6 Å². The molecule has 2 unspecified atom stereocenters. The molecule has 1 aromatic carbocycles. The van der Waals surface area contributed by atoms with Crippen molar-refractivity contribution in [2.24, 2.45) is 0 Å². The Morgan fingerprint density at radius 3 is 2.73 bits per heavy atom.